The van der Waals surface area contributed by atoms with E-state index in [1.165, 1.54) is 28.8 Å². The predicted molar refractivity (Wildman–Crippen MR) is 96.9 cm³/mol. The Bertz CT molecular complexity index is 1090. The van der Waals surface area contributed by atoms with E-state index >= 15 is 4.39 Å². The molecule has 3 aromatic heterocycles. The Hall–Kier alpha value is -3.33. The van der Waals surface area contributed by atoms with Gasteiger partial charge < -0.3 is 11.1 Å². The van der Waals surface area contributed by atoms with Gasteiger partial charge in [0, 0.05) is 24.5 Å². The van der Waals surface area contributed by atoms with Crippen LogP contribution in [0.4, 0.5) is 20.4 Å². The molecule has 0 saturated carbocycles. The van der Waals surface area contributed by atoms with Crippen molar-refractivity contribution in [2.24, 2.45) is 5.73 Å². The summed E-state index contributed by atoms with van der Waals surface area (Å²) in [7, 11) is 0. The minimum atomic E-state index is -2.18. The molecule has 0 spiro atoms. The number of aryl methyl sites for hydroxylation is 1. The van der Waals surface area contributed by atoms with Crippen LogP contribution in [0.15, 0.2) is 48.7 Å². The molecule has 9 heteroatoms. The fraction of sp³-hybridized carbons (Fsp3) is 0.167. The highest BCUT2D eigenvalue weighted by Gasteiger charge is 2.37. The number of alkyl halides is 1. The normalized spacial score (nSPS) is 13.6. The van der Waals surface area contributed by atoms with Crippen molar-refractivity contribution in [1.82, 2.24) is 24.8 Å². The molecule has 0 radical (unpaired) electrons. The molecule has 0 saturated heterocycles. The molecule has 138 valence electrons. The zero-order valence-electron chi connectivity index (χ0n) is 14.4. The Balaban J connectivity index is 1.84. The van der Waals surface area contributed by atoms with Crippen LogP contribution in [0.2, 0.25) is 0 Å². The molecule has 27 heavy (non-hydrogen) atoms. The van der Waals surface area contributed by atoms with Gasteiger partial charge in [-0.25, -0.2) is 18.3 Å². The maximum absolute atomic E-state index is 15.8. The van der Waals surface area contributed by atoms with Gasteiger partial charge in [-0.2, -0.15) is 5.10 Å². The summed E-state index contributed by atoms with van der Waals surface area (Å²) in [5.74, 6) is 0.333. The number of aromatic nitrogens is 5. The second-order valence-electron chi connectivity index (χ2n) is 6.20. The average Bonchev–Trinajstić information content (AvgIpc) is 3.30. The van der Waals surface area contributed by atoms with Crippen molar-refractivity contribution in [2.45, 2.75) is 12.6 Å². The number of rotatable bonds is 5. The van der Waals surface area contributed by atoms with E-state index in [-0.39, 0.29) is 11.4 Å². The predicted octanol–water partition coefficient (Wildman–Crippen LogP) is 2.82. The Kier molecular flexibility index (Phi) is 4.08. The summed E-state index contributed by atoms with van der Waals surface area (Å²) in [6.07, 6.45) is 1.68. The number of nitrogens with zero attached hydrogens (tertiary/aromatic N) is 4. The van der Waals surface area contributed by atoms with E-state index < -0.39 is 18.0 Å². The van der Waals surface area contributed by atoms with Crippen LogP contribution in [0.1, 0.15) is 17.1 Å². The van der Waals surface area contributed by atoms with E-state index in [0.29, 0.717) is 17.2 Å². The first-order valence-electron chi connectivity index (χ1n) is 8.29. The standard InChI is InChI=1S/C18H17F2N7/c1-11-9-15(25-24-11)22-16-14-3-2-8-27(14)26-17(23-16)18(20,10-21)12-4-6-13(19)7-5-12/h2-9H,10,21H2,1H3,(H2,22,23,24,25,26). The number of fused-ring (bicyclic) bond motifs is 1. The minimum absolute atomic E-state index is 0.130. The summed E-state index contributed by atoms with van der Waals surface area (Å²) in [5, 5.41) is 14.3. The molecule has 1 unspecified atom stereocenters. The van der Waals surface area contributed by atoms with Crippen molar-refractivity contribution in [2.75, 3.05) is 11.9 Å². The van der Waals surface area contributed by atoms with E-state index in [1.54, 1.807) is 24.4 Å². The first-order valence-corrected chi connectivity index (χ1v) is 8.29. The van der Waals surface area contributed by atoms with Crippen molar-refractivity contribution in [1.29, 1.82) is 0 Å². The Labute approximate surface area is 153 Å². The van der Waals surface area contributed by atoms with Crippen LogP contribution < -0.4 is 11.1 Å². The summed E-state index contributed by atoms with van der Waals surface area (Å²) in [4.78, 5) is 4.37. The molecule has 0 amide bonds. The van der Waals surface area contributed by atoms with Crippen LogP contribution in [0.3, 0.4) is 0 Å². The number of nitrogens with one attached hydrogen (secondary N) is 2. The summed E-state index contributed by atoms with van der Waals surface area (Å²) in [6, 6.07) is 10.4. The van der Waals surface area contributed by atoms with Crippen molar-refractivity contribution < 1.29 is 8.78 Å². The lowest BCUT2D eigenvalue weighted by Crippen LogP contribution is -2.34. The van der Waals surface area contributed by atoms with Crippen LogP contribution in [0.25, 0.3) is 5.52 Å². The zero-order chi connectivity index (χ0) is 19.0. The topological polar surface area (TPSA) is 96.9 Å². The molecule has 1 atom stereocenters. The van der Waals surface area contributed by atoms with Crippen LogP contribution in [-0.2, 0) is 5.67 Å². The highest BCUT2D eigenvalue weighted by molar-refractivity contribution is 5.72. The second-order valence-corrected chi connectivity index (χ2v) is 6.20. The van der Waals surface area contributed by atoms with Gasteiger partial charge in [-0.15, -0.1) is 5.10 Å². The monoisotopic (exact) mass is 369 g/mol. The first-order chi connectivity index (χ1) is 13.0. The van der Waals surface area contributed by atoms with E-state index in [2.05, 4.69) is 25.6 Å². The lowest BCUT2D eigenvalue weighted by Gasteiger charge is -2.23. The molecule has 1 aromatic carbocycles. The largest absolute Gasteiger partial charge is 0.327 e. The van der Waals surface area contributed by atoms with E-state index in [1.807, 2.05) is 6.92 Å². The number of hydrogen-bond acceptors (Lipinski definition) is 5. The van der Waals surface area contributed by atoms with Crippen molar-refractivity contribution in [3.8, 4) is 0 Å². The van der Waals surface area contributed by atoms with Crippen molar-refractivity contribution >= 4 is 17.2 Å². The number of nitrogens with two attached hydrogens (primary N) is 1. The molecule has 0 aliphatic rings. The third-order valence-corrected chi connectivity index (χ3v) is 4.28. The van der Waals surface area contributed by atoms with Crippen LogP contribution >= 0.6 is 0 Å². The Morgan fingerprint density at radius 2 is 2.04 bits per heavy atom. The average molecular weight is 369 g/mol. The molecule has 4 N–H and O–H groups in total. The van der Waals surface area contributed by atoms with Gasteiger partial charge in [0.05, 0.1) is 0 Å². The molecular formula is C18H17F2N7. The summed E-state index contributed by atoms with van der Waals surface area (Å²) < 4.78 is 30.6. The van der Waals surface area contributed by atoms with Crippen LogP contribution in [-0.4, -0.2) is 31.3 Å². The number of halogens is 2. The highest BCUT2D eigenvalue weighted by Crippen LogP contribution is 2.32. The molecule has 4 aromatic rings. The molecule has 0 bridgehead atoms. The van der Waals surface area contributed by atoms with E-state index in [4.69, 9.17) is 5.73 Å². The van der Waals surface area contributed by atoms with Crippen molar-refractivity contribution in [3.05, 3.63) is 71.6 Å². The Morgan fingerprint density at radius 3 is 2.70 bits per heavy atom. The molecule has 3 heterocycles. The third-order valence-electron chi connectivity index (χ3n) is 4.28. The molecule has 4 rings (SSSR count). The van der Waals surface area contributed by atoms with Gasteiger partial charge in [-0.05, 0) is 36.8 Å². The van der Waals surface area contributed by atoms with Crippen LogP contribution in [0, 0.1) is 12.7 Å². The summed E-state index contributed by atoms with van der Waals surface area (Å²) in [5.41, 5.74) is 5.26. The summed E-state index contributed by atoms with van der Waals surface area (Å²) in [6.45, 7) is 1.47. The molecule has 0 fully saturated rings. The highest BCUT2D eigenvalue weighted by atomic mass is 19.1. The van der Waals surface area contributed by atoms with Gasteiger partial charge in [0.25, 0.3) is 0 Å². The maximum Gasteiger partial charge on any atom is 0.208 e. The quantitative estimate of drug-likeness (QED) is 0.503. The Morgan fingerprint density at radius 1 is 1.26 bits per heavy atom. The van der Waals surface area contributed by atoms with Gasteiger partial charge in [-0.1, -0.05) is 12.1 Å². The van der Waals surface area contributed by atoms with Gasteiger partial charge >= 0.3 is 0 Å². The number of aromatic amines is 1. The third kappa shape index (κ3) is 3.02. The lowest BCUT2D eigenvalue weighted by atomic mass is 9.95. The van der Waals surface area contributed by atoms with Gasteiger partial charge in [-0.3, -0.25) is 5.10 Å². The van der Waals surface area contributed by atoms with Crippen LogP contribution in [0.5, 0.6) is 0 Å². The molecule has 7 nitrogen and oxygen atoms in total. The van der Waals surface area contributed by atoms with Gasteiger partial charge in [0.15, 0.2) is 17.5 Å². The number of anilines is 2. The number of benzene rings is 1. The fourth-order valence-corrected chi connectivity index (χ4v) is 2.85. The fourth-order valence-electron chi connectivity index (χ4n) is 2.85. The minimum Gasteiger partial charge on any atom is -0.327 e. The number of hydrogen-bond donors (Lipinski definition) is 3. The number of H-pyrrole nitrogens is 1. The molecule has 0 aliphatic heterocycles. The lowest BCUT2D eigenvalue weighted by molar-refractivity contribution is 0.215. The zero-order valence-corrected chi connectivity index (χ0v) is 14.4. The van der Waals surface area contributed by atoms with E-state index in [0.717, 1.165) is 5.69 Å². The molecule has 0 aliphatic carbocycles. The SMILES string of the molecule is Cc1cc(Nc2nc(C(F)(CN)c3ccc(F)cc3)nn3cccc23)n[nH]1. The van der Waals surface area contributed by atoms with Gasteiger partial charge in [0.2, 0.25) is 5.67 Å². The van der Waals surface area contributed by atoms with Crippen molar-refractivity contribution in [3.63, 3.8) is 0 Å². The maximum atomic E-state index is 15.8. The smallest absolute Gasteiger partial charge is 0.208 e. The van der Waals surface area contributed by atoms with E-state index in [9.17, 15) is 4.39 Å². The summed E-state index contributed by atoms with van der Waals surface area (Å²) >= 11 is 0. The van der Waals surface area contributed by atoms with Gasteiger partial charge in [0.1, 0.15) is 11.3 Å². The second kappa shape index (κ2) is 6.44. The molecular weight excluding hydrogens is 352 g/mol. The first kappa shape index (κ1) is 17.1.